The predicted octanol–water partition coefficient (Wildman–Crippen LogP) is 4.01. The summed E-state index contributed by atoms with van der Waals surface area (Å²) in [6.07, 6.45) is 4.97. The van der Waals surface area contributed by atoms with Crippen LogP contribution in [-0.2, 0) is 5.75 Å². The molecule has 1 atom stereocenters. The molecule has 1 aliphatic rings. The van der Waals surface area contributed by atoms with Crippen molar-refractivity contribution in [2.45, 2.75) is 10.5 Å². The van der Waals surface area contributed by atoms with E-state index in [4.69, 9.17) is 27.9 Å². The Bertz CT molecular complexity index is 730. The van der Waals surface area contributed by atoms with E-state index < -0.39 is 0 Å². The lowest BCUT2D eigenvalue weighted by Gasteiger charge is -2.13. The molecule has 0 fully saturated rings. The van der Waals surface area contributed by atoms with Crippen LogP contribution in [0.2, 0.25) is 10.0 Å². The van der Waals surface area contributed by atoms with E-state index in [2.05, 4.69) is 20.5 Å². The molecule has 0 radical (unpaired) electrons. The number of aromatic nitrogens is 2. The van der Waals surface area contributed by atoms with Crippen LogP contribution in [0.25, 0.3) is 0 Å². The average Bonchev–Trinajstić information content (AvgIpc) is 3.05. The third kappa shape index (κ3) is 3.85. The number of methoxy groups -OCH3 is 1. The number of benzene rings is 1. The van der Waals surface area contributed by atoms with Crippen LogP contribution in [0.15, 0.2) is 35.8 Å². The minimum absolute atomic E-state index is 0.0605. The van der Waals surface area contributed by atoms with Gasteiger partial charge in [0.25, 0.3) is 0 Å². The zero-order valence-electron chi connectivity index (χ0n) is 12.0. The fourth-order valence-electron chi connectivity index (χ4n) is 1.89. The van der Waals surface area contributed by atoms with Crippen LogP contribution in [0.1, 0.15) is 11.3 Å². The molecular formula is C14H12Cl2N4OS2. The number of hydrogen-bond donors (Lipinski definition) is 1. The zero-order valence-corrected chi connectivity index (χ0v) is 15.1. The van der Waals surface area contributed by atoms with Crippen LogP contribution < -0.4 is 10.2 Å². The van der Waals surface area contributed by atoms with E-state index in [1.165, 1.54) is 0 Å². The number of nitrogens with zero attached hydrogens (tertiary/aromatic N) is 3. The normalized spacial score (nSPS) is 16.8. The Labute approximate surface area is 152 Å². The zero-order chi connectivity index (χ0) is 16.2. The van der Waals surface area contributed by atoms with Gasteiger partial charge in [-0.05, 0) is 12.1 Å². The lowest BCUT2D eigenvalue weighted by atomic mass is 10.2. The molecule has 23 heavy (non-hydrogen) atoms. The monoisotopic (exact) mass is 386 g/mol. The third-order valence-corrected chi connectivity index (χ3v) is 6.19. The van der Waals surface area contributed by atoms with Crippen LogP contribution in [0.5, 0.6) is 5.75 Å². The Balaban J connectivity index is 1.63. The Morgan fingerprint density at radius 2 is 2.22 bits per heavy atom. The average molecular weight is 387 g/mol. The summed E-state index contributed by atoms with van der Waals surface area (Å²) >= 11 is 15.8. The van der Waals surface area contributed by atoms with Gasteiger partial charge in [0.05, 0.1) is 18.3 Å². The molecule has 0 aliphatic carbocycles. The van der Waals surface area contributed by atoms with Gasteiger partial charge < -0.3 is 4.74 Å². The third-order valence-electron chi connectivity index (χ3n) is 3.02. The van der Waals surface area contributed by atoms with Crippen molar-refractivity contribution in [1.82, 2.24) is 15.4 Å². The Morgan fingerprint density at radius 3 is 2.96 bits per heavy atom. The van der Waals surface area contributed by atoms with Gasteiger partial charge in [-0.25, -0.2) is 0 Å². The van der Waals surface area contributed by atoms with Gasteiger partial charge >= 0.3 is 0 Å². The van der Waals surface area contributed by atoms with Crippen molar-refractivity contribution in [2.24, 2.45) is 5.10 Å². The minimum Gasteiger partial charge on any atom is -0.495 e. The van der Waals surface area contributed by atoms with Crippen molar-refractivity contribution in [3.05, 3.63) is 52.0 Å². The fourth-order valence-corrected chi connectivity index (χ4v) is 4.76. The quantitative estimate of drug-likeness (QED) is 0.837. The minimum atomic E-state index is 0.0605. The van der Waals surface area contributed by atoms with E-state index in [0.29, 0.717) is 21.5 Å². The number of nitrogens with one attached hydrogen (secondary N) is 1. The van der Waals surface area contributed by atoms with Gasteiger partial charge in [-0.1, -0.05) is 35.0 Å². The summed E-state index contributed by atoms with van der Waals surface area (Å²) in [6.45, 7) is 0. The van der Waals surface area contributed by atoms with Crippen LogP contribution in [0, 0.1) is 0 Å². The van der Waals surface area contributed by atoms with Gasteiger partial charge in [-0.15, -0.1) is 11.8 Å². The van der Waals surface area contributed by atoms with Gasteiger partial charge in [0.1, 0.15) is 21.2 Å². The Hall–Kier alpha value is -1.15. The number of hydrogen-bond acceptors (Lipinski definition) is 7. The Morgan fingerprint density at radius 1 is 1.35 bits per heavy atom. The highest BCUT2D eigenvalue weighted by Crippen LogP contribution is 2.38. The van der Waals surface area contributed by atoms with Crippen LogP contribution in [0.4, 0.5) is 0 Å². The standard InChI is InChI=1S/C14H12Cl2N4OS2/c1-21-11-3-2-9(15)8(12(11)16)7-22-14-20-19-13(23-14)10-6-17-4-5-18-10/h2-6,14,20H,7H2,1H3. The molecule has 3 rings (SSSR count). The van der Waals surface area contributed by atoms with Gasteiger partial charge in [0.15, 0.2) is 0 Å². The smallest absolute Gasteiger partial charge is 0.146 e. The lowest BCUT2D eigenvalue weighted by Crippen LogP contribution is -2.11. The first kappa shape index (κ1) is 16.7. The van der Waals surface area contributed by atoms with Crippen LogP contribution >= 0.6 is 46.7 Å². The molecule has 0 amide bonds. The Kier molecular flexibility index (Phi) is 5.53. The molecule has 120 valence electrons. The SMILES string of the molecule is COc1ccc(Cl)c(CSC2NN=C(c3cnccn3)S2)c1Cl. The number of thioether (sulfide) groups is 2. The van der Waals surface area contributed by atoms with Gasteiger partial charge in [-0.3, -0.25) is 15.4 Å². The fraction of sp³-hybridized carbons (Fsp3) is 0.214. The summed E-state index contributed by atoms with van der Waals surface area (Å²) in [5, 5.41) is 6.28. The van der Waals surface area contributed by atoms with Crippen molar-refractivity contribution in [2.75, 3.05) is 7.11 Å². The van der Waals surface area contributed by atoms with Gasteiger partial charge in [0, 0.05) is 28.7 Å². The maximum Gasteiger partial charge on any atom is 0.146 e. The molecule has 0 saturated carbocycles. The summed E-state index contributed by atoms with van der Waals surface area (Å²) < 4.78 is 5.29. The number of halogens is 2. The first-order chi connectivity index (χ1) is 11.2. The highest BCUT2D eigenvalue weighted by atomic mass is 35.5. The molecule has 9 heteroatoms. The first-order valence-electron chi connectivity index (χ1n) is 6.57. The summed E-state index contributed by atoms with van der Waals surface area (Å²) in [6, 6.07) is 3.55. The maximum absolute atomic E-state index is 6.33. The molecule has 1 N–H and O–H groups in total. The summed E-state index contributed by atoms with van der Waals surface area (Å²) in [5.41, 5.74) is 4.68. The number of ether oxygens (including phenoxy) is 1. The van der Waals surface area contributed by atoms with Crippen molar-refractivity contribution in [3.63, 3.8) is 0 Å². The highest BCUT2D eigenvalue weighted by molar-refractivity contribution is 8.25. The van der Waals surface area contributed by atoms with E-state index in [9.17, 15) is 0 Å². The second kappa shape index (κ2) is 7.61. The molecule has 0 saturated heterocycles. The van der Waals surface area contributed by atoms with Gasteiger partial charge in [0.2, 0.25) is 0 Å². The van der Waals surface area contributed by atoms with Crippen LogP contribution in [-0.4, -0.2) is 26.8 Å². The predicted molar refractivity (Wildman–Crippen MR) is 97.4 cm³/mol. The summed E-state index contributed by atoms with van der Waals surface area (Å²) in [5.74, 6) is 1.26. The summed E-state index contributed by atoms with van der Waals surface area (Å²) in [4.78, 5) is 8.29. The second-order valence-corrected chi connectivity index (χ2v) is 7.71. The van der Waals surface area contributed by atoms with E-state index in [1.807, 2.05) is 0 Å². The van der Waals surface area contributed by atoms with Crippen molar-refractivity contribution >= 4 is 51.8 Å². The molecule has 0 bridgehead atoms. The molecule has 1 aromatic carbocycles. The highest BCUT2D eigenvalue weighted by Gasteiger charge is 2.23. The van der Waals surface area contributed by atoms with E-state index >= 15 is 0 Å². The maximum atomic E-state index is 6.33. The second-order valence-electron chi connectivity index (χ2n) is 4.44. The topological polar surface area (TPSA) is 59.4 Å². The number of hydrazone groups is 1. The van der Waals surface area contributed by atoms with E-state index in [0.717, 1.165) is 16.3 Å². The molecule has 5 nitrogen and oxygen atoms in total. The van der Waals surface area contributed by atoms with Crippen molar-refractivity contribution in [1.29, 1.82) is 0 Å². The molecule has 2 heterocycles. The summed E-state index contributed by atoms with van der Waals surface area (Å²) in [7, 11) is 1.58. The molecule has 1 unspecified atom stereocenters. The van der Waals surface area contributed by atoms with E-state index in [-0.39, 0.29) is 4.71 Å². The van der Waals surface area contributed by atoms with Crippen LogP contribution in [0.3, 0.4) is 0 Å². The molecule has 1 aromatic heterocycles. The first-order valence-corrected chi connectivity index (χ1v) is 9.26. The molecule has 1 aliphatic heterocycles. The molecule has 0 spiro atoms. The molecule has 2 aromatic rings. The van der Waals surface area contributed by atoms with E-state index in [1.54, 1.807) is 61.4 Å². The largest absolute Gasteiger partial charge is 0.495 e. The van der Waals surface area contributed by atoms with Crippen molar-refractivity contribution < 1.29 is 4.74 Å². The lowest BCUT2D eigenvalue weighted by molar-refractivity contribution is 0.414. The molecular weight excluding hydrogens is 375 g/mol. The number of rotatable bonds is 5. The van der Waals surface area contributed by atoms with Crippen molar-refractivity contribution in [3.8, 4) is 5.75 Å². The van der Waals surface area contributed by atoms with Gasteiger partial charge in [-0.2, -0.15) is 5.10 Å².